The minimum atomic E-state index is -0.794. The van der Waals surface area contributed by atoms with Crippen molar-refractivity contribution in [1.29, 1.82) is 0 Å². The van der Waals surface area contributed by atoms with Crippen molar-refractivity contribution in [3.8, 4) is 5.75 Å². The molecule has 19 heavy (non-hydrogen) atoms. The molecule has 0 bridgehead atoms. The lowest BCUT2D eigenvalue weighted by Gasteiger charge is -2.35. The normalized spacial score (nSPS) is 18.1. The van der Waals surface area contributed by atoms with E-state index in [0.717, 1.165) is 34.9 Å². The van der Waals surface area contributed by atoms with Gasteiger partial charge in [-0.15, -0.1) is 0 Å². The van der Waals surface area contributed by atoms with E-state index >= 15 is 0 Å². The van der Waals surface area contributed by atoms with Gasteiger partial charge in [-0.05, 0) is 37.5 Å². The second-order valence-corrected chi connectivity index (χ2v) is 6.17. The molecular weight excluding hydrogens is 308 g/mol. The van der Waals surface area contributed by atoms with Gasteiger partial charge in [0, 0.05) is 10.0 Å². The molecule has 1 aliphatic carbocycles. The Bertz CT molecular complexity index is 490. The zero-order valence-electron chi connectivity index (χ0n) is 11.3. The van der Waals surface area contributed by atoms with Crippen molar-refractivity contribution in [2.24, 2.45) is 0 Å². The summed E-state index contributed by atoms with van der Waals surface area (Å²) in [6.07, 6.45) is 4.41. The molecule has 1 fully saturated rings. The highest BCUT2D eigenvalue weighted by molar-refractivity contribution is 9.10. The van der Waals surface area contributed by atoms with Crippen LogP contribution >= 0.6 is 15.9 Å². The topological polar surface area (TPSA) is 46.5 Å². The van der Waals surface area contributed by atoms with E-state index in [-0.39, 0.29) is 0 Å². The summed E-state index contributed by atoms with van der Waals surface area (Å²) in [7, 11) is 1.61. The number of methoxy groups -OCH3 is 1. The van der Waals surface area contributed by atoms with Gasteiger partial charge >= 0.3 is 5.97 Å². The van der Waals surface area contributed by atoms with Gasteiger partial charge in [-0.3, -0.25) is 4.79 Å². The Balaban J connectivity index is 2.62. The molecule has 0 heterocycles. The van der Waals surface area contributed by atoms with Gasteiger partial charge in [-0.25, -0.2) is 0 Å². The van der Waals surface area contributed by atoms with Crippen molar-refractivity contribution in [1.82, 2.24) is 0 Å². The highest BCUT2D eigenvalue weighted by Gasteiger charge is 2.43. The number of benzene rings is 1. The molecule has 3 nitrogen and oxygen atoms in total. The summed E-state index contributed by atoms with van der Waals surface area (Å²) in [5.74, 6) is -0.0181. The van der Waals surface area contributed by atoms with Gasteiger partial charge in [-0.1, -0.05) is 35.2 Å². The summed E-state index contributed by atoms with van der Waals surface area (Å²) >= 11 is 3.47. The monoisotopic (exact) mass is 326 g/mol. The maximum atomic E-state index is 11.9. The quantitative estimate of drug-likeness (QED) is 0.911. The van der Waals surface area contributed by atoms with Crippen molar-refractivity contribution < 1.29 is 14.6 Å². The van der Waals surface area contributed by atoms with E-state index in [4.69, 9.17) is 4.74 Å². The number of hydrogen-bond acceptors (Lipinski definition) is 2. The third kappa shape index (κ3) is 2.50. The number of carboxylic acids is 1. The molecule has 0 atom stereocenters. The first-order valence-electron chi connectivity index (χ1n) is 6.59. The fraction of sp³-hybridized carbons (Fsp3) is 0.533. The Morgan fingerprint density at radius 3 is 2.47 bits per heavy atom. The molecule has 1 N–H and O–H groups in total. The van der Waals surface area contributed by atoms with Gasteiger partial charge in [0.05, 0.1) is 12.5 Å². The number of aliphatic carboxylic acids is 1. The van der Waals surface area contributed by atoms with Gasteiger partial charge < -0.3 is 9.84 Å². The molecule has 104 valence electrons. The smallest absolute Gasteiger partial charge is 0.314 e. The second kappa shape index (κ2) is 5.53. The minimum Gasteiger partial charge on any atom is -0.496 e. The zero-order valence-corrected chi connectivity index (χ0v) is 12.9. The summed E-state index contributed by atoms with van der Waals surface area (Å²) in [5.41, 5.74) is 0.991. The first-order valence-corrected chi connectivity index (χ1v) is 7.38. The molecular formula is C15H19BrO3. The van der Waals surface area contributed by atoms with E-state index in [1.165, 1.54) is 0 Å². The molecule has 1 aliphatic rings. The van der Waals surface area contributed by atoms with Gasteiger partial charge in [-0.2, -0.15) is 0 Å². The number of hydrogen-bond donors (Lipinski definition) is 1. The Morgan fingerprint density at radius 1 is 1.32 bits per heavy atom. The standard InChI is InChI=1S/C15H19BrO3/c1-10-8-11(16)9-12(13(10)19-2)15(14(17)18)6-4-3-5-7-15/h8-9H,3-7H2,1-2H3,(H,17,18). The maximum absolute atomic E-state index is 11.9. The first kappa shape index (κ1) is 14.4. The van der Waals surface area contributed by atoms with E-state index in [9.17, 15) is 9.90 Å². The predicted molar refractivity (Wildman–Crippen MR) is 77.8 cm³/mol. The second-order valence-electron chi connectivity index (χ2n) is 5.25. The first-order chi connectivity index (χ1) is 9.01. The zero-order chi connectivity index (χ0) is 14.0. The van der Waals surface area contributed by atoms with Crippen LogP contribution in [-0.2, 0) is 10.2 Å². The highest BCUT2D eigenvalue weighted by atomic mass is 79.9. The summed E-state index contributed by atoms with van der Waals surface area (Å²) < 4.78 is 6.38. The van der Waals surface area contributed by atoms with Crippen LogP contribution in [0.3, 0.4) is 0 Å². The molecule has 0 spiro atoms. The van der Waals surface area contributed by atoms with E-state index in [0.29, 0.717) is 18.6 Å². The van der Waals surface area contributed by atoms with Crippen molar-refractivity contribution in [2.75, 3.05) is 7.11 Å². The third-order valence-electron chi connectivity index (χ3n) is 4.08. The number of rotatable bonds is 3. The SMILES string of the molecule is COc1c(C)cc(Br)cc1C1(C(=O)O)CCCCC1. The molecule has 0 saturated heterocycles. The van der Waals surface area contributed by atoms with Crippen molar-refractivity contribution in [3.05, 3.63) is 27.7 Å². The number of ether oxygens (including phenoxy) is 1. The van der Waals surface area contributed by atoms with Gasteiger partial charge in [0.15, 0.2) is 0 Å². The predicted octanol–water partition coefficient (Wildman–Crippen LogP) is 4.05. The van der Waals surface area contributed by atoms with Gasteiger partial charge in [0.2, 0.25) is 0 Å². The van der Waals surface area contributed by atoms with Crippen molar-refractivity contribution in [3.63, 3.8) is 0 Å². The average molecular weight is 327 g/mol. The summed E-state index contributed by atoms with van der Waals surface area (Å²) in [6.45, 7) is 1.95. The van der Waals surface area contributed by atoms with Crippen LogP contribution in [-0.4, -0.2) is 18.2 Å². The number of halogens is 1. The van der Waals surface area contributed by atoms with Crippen LogP contribution < -0.4 is 4.74 Å². The molecule has 0 unspecified atom stereocenters. The van der Waals surface area contributed by atoms with Crippen LogP contribution in [0.5, 0.6) is 5.75 Å². The van der Waals surface area contributed by atoms with E-state index < -0.39 is 11.4 Å². The third-order valence-corrected chi connectivity index (χ3v) is 4.53. The van der Waals surface area contributed by atoms with E-state index in [1.54, 1.807) is 7.11 Å². The van der Waals surface area contributed by atoms with Crippen LogP contribution in [0.15, 0.2) is 16.6 Å². The highest BCUT2D eigenvalue weighted by Crippen LogP contribution is 2.45. The fourth-order valence-corrected chi connectivity index (χ4v) is 3.68. The largest absolute Gasteiger partial charge is 0.496 e. The average Bonchev–Trinajstić information content (AvgIpc) is 2.38. The van der Waals surface area contributed by atoms with Gasteiger partial charge in [0.25, 0.3) is 0 Å². The van der Waals surface area contributed by atoms with Crippen molar-refractivity contribution in [2.45, 2.75) is 44.4 Å². The summed E-state index contributed by atoms with van der Waals surface area (Å²) in [4.78, 5) is 11.9. The molecule has 2 rings (SSSR count). The lowest BCUT2D eigenvalue weighted by atomic mass is 9.69. The van der Waals surface area contributed by atoms with Crippen LogP contribution in [0.2, 0.25) is 0 Å². The Hall–Kier alpha value is -1.03. The molecule has 0 radical (unpaired) electrons. The maximum Gasteiger partial charge on any atom is 0.314 e. The minimum absolute atomic E-state index is 0.689. The molecule has 0 aromatic heterocycles. The lowest BCUT2D eigenvalue weighted by molar-refractivity contribution is -0.145. The van der Waals surface area contributed by atoms with Crippen LogP contribution in [0.25, 0.3) is 0 Å². The molecule has 1 aromatic carbocycles. The Morgan fingerprint density at radius 2 is 1.95 bits per heavy atom. The van der Waals surface area contributed by atoms with Crippen LogP contribution in [0, 0.1) is 6.92 Å². The van der Waals surface area contributed by atoms with Crippen LogP contribution in [0.1, 0.15) is 43.2 Å². The fourth-order valence-electron chi connectivity index (χ4n) is 3.11. The molecule has 4 heteroatoms. The number of carbonyl (C=O) groups is 1. The number of aryl methyl sites for hydroxylation is 1. The summed E-state index contributed by atoms with van der Waals surface area (Å²) in [6, 6.07) is 3.87. The van der Waals surface area contributed by atoms with E-state index in [1.807, 2.05) is 19.1 Å². The Labute approximate surface area is 122 Å². The van der Waals surface area contributed by atoms with Crippen LogP contribution in [0.4, 0.5) is 0 Å². The van der Waals surface area contributed by atoms with Crippen molar-refractivity contribution >= 4 is 21.9 Å². The summed E-state index contributed by atoms with van der Waals surface area (Å²) in [5, 5.41) is 9.77. The van der Waals surface area contributed by atoms with Gasteiger partial charge in [0.1, 0.15) is 5.75 Å². The van der Waals surface area contributed by atoms with E-state index in [2.05, 4.69) is 15.9 Å². The Kier molecular flexibility index (Phi) is 4.19. The molecule has 1 aromatic rings. The molecule has 1 saturated carbocycles. The number of carboxylic acid groups (broad SMARTS) is 1. The lowest BCUT2D eigenvalue weighted by Crippen LogP contribution is -2.38. The molecule has 0 amide bonds. The molecule has 0 aliphatic heterocycles.